The molecule has 0 bridgehead atoms. The van der Waals surface area contributed by atoms with Crippen LogP contribution in [0.25, 0.3) is 0 Å². The summed E-state index contributed by atoms with van der Waals surface area (Å²) in [4.78, 5) is 11.5. The number of nitrogens with zero attached hydrogens (tertiary/aromatic N) is 2. The highest BCUT2D eigenvalue weighted by Gasteiger charge is 2.50. The molecule has 7 heteroatoms. The van der Waals surface area contributed by atoms with Crippen molar-refractivity contribution in [2.45, 2.75) is 38.8 Å². The standard InChI is InChI=1S/C22H22ClN3O3/c1-22(2)12-17(25-24-16-6-4-3-5-7-16)20-18(13-22)29-21(26(27)28)19(20)14-8-10-15(23)11-9-14/h3-11,19,21,24H,12-13H2,1-2H3/b25-17+/t19-,21+/m1/s1. The van der Waals surface area contributed by atoms with E-state index in [2.05, 4.69) is 24.4 Å². The molecule has 6 nitrogen and oxygen atoms in total. The van der Waals surface area contributed by atoms with Gasteiger partial charge in [0.25, 0.3) is 0 Å². The molecule has 150 valence electrons. The first-order valence-corrected chi connectivity index (χ1v) is 9.88. The van der Waals surface area contributed by atoms with Gasteiger partial charge in [-0.1, -0.05) is 55.8 Å². The van der Waals surface area contributed by atoms with E-state index in [-0.39, 0.29) is 10.3 Å². The molecule has 0 fully saturated rings. The van der Waals surface area contributed by atoms with Gasteiger partial charge in [0.1, 0.15) is 11.7 Å². The molecule has 2 aromatic rings. The van der Waals surface area contributed by atoms with Crippen molar-refractivity contribution in [1.82, 2.24) is 0 Å². The molecule has 1 aliphatic heterocycles. The quantitative estimate of drug-likeness (QED) is 0.524. The van der Waals surface area contributed by atoms with Crippen LogP contribution < -0.4 is 5.43 Å². The smallest absolute Gasteiger partial charge is 0.364 e. The van der Waals surface area contributed by atoms with E-state index in [0.29, 0.717) is 23.6 Å². The molecule has 1 N–H and O–H groups in total. The number of benzene rings is 2. The highest BCUT2D eigenvalue weighted by atomic mass is 35.5. The first-order chi connectivity index (χ1) is 13.8. The molecule has 0 saturated heterocycles. The van der Waals surface area contributed by atoms with Gasteiger partial charge in [-0.2, -0.15) is 5.10 Å². The van der Waals surface area contributed by atoms with E-state index in [9.17, 15) is 10.1 Å². The average molecular weight is 412 g/mol. The maximum atomic E-state index is 11.8. The third kappa shape index (κ3) is 3.98. The molecule has 0 saturated carbocycles. The predicted octanol–water partition coefficient (Wildman–Crippen LogP) is 5.60. The molecule has 2 aromatic carbocycles. The van der Waals surface area contributed by atoms with Gasteiger partial charge in [0.05, 0.1) is 16.3 Å². The molecule has 4 rings (SSSR count). The number of hydrogen-bond acceptors (Lipinski definition) is 5. The van der Waals surface area contributed by atoms with Crippen LogP contribution in [-0.2, 0) is 4.74 Å². The number of ether oxygens (including phenoxy) is 1. The normalized spacial score (nSPS) is 24.2. The SMILES string of the molecule is CC1(C)CC2=C(/C(=N/Nc3ccccc3)C1)[C@@H](c1ccc(Cl)cc1)[C@@H]([N+](=O)[O-])O2. The molecular formula is C22H22ClN3O3. The third-order valence-electron chi connectivity index (χ3n) is 5.29. The summed E-state index contributed by atoms with van der Waals surface area (Å²) in [6.45, 7) is 4.24. The van der Waals surface area contributed by atoms with Crippen molar-refractivity contribution in [2.75, 3.05) is 5.43 Å². The summed E-state index contributed by atoms with van der Waals surface area (Å²) in [6, 6.07) is 16.8. The van der Waals surface area contributed by atoms with Gasteiger partial charge < -0.3 is 4.74 Å². The number of anilines is 1. The lowest BCUT2D eigenvalue weighted by Gasteiger charge is -2.31. The Balaban J connectivity index is 1.78. The Morgan fingerprint density at radius 2 is 1.83 bits per heavy atom. The topological polar surface area (TPSA) is 76.8 Å². The van der Waals surface area contributed by atoms with E-state index < -0.39 is 12.1 Å². The van der Waals surface area contributed by atoms with Crippen LogP contribution in [0.15, 0.2) is 71.0 Å². The fourth-order valence-electron chi connectivity index (χ4n) is 4.03. The molecule has 29 heavy (non-hydrogen) atoms. The second-order valence-corrected chi connectivity index (χ2v) is 8.65. The summed E-state index contributed by atoms with van der Waals surface area (Å²) in [5, 5.41) is 17.1. The van der Waals surface area contributed by atoms with Gasteiger partial charge in [0, 0.05) is 17.0 Å². The van der Waals surface area contributed by atoms with E-state index in [4.69, 9.17) is 16.3 Å². The average Bonchev–Trinajstić information content (AvgIpc) is 3.06. The summed E-state index contributed by atoms with van der Waals surface area (Å²) in [5.74, 6) is 0.140. The highest BCUT2D eigenvalue weighted by Crippen LogP contribution is 2.49. The molecule has 0 aromatic heterocycles. The van der Waals surface area contributed by atoms with E-state index in [1.807, 2.05) is 42.5 Å². The van der Waals surface area contributed by atoms with Crippen LogP contribution in [-0.4, -0.2) is 16.9 Å². The maximum Gasteiger partial charge on any atom is 0.364 e. The van der Waals surface area contributed by atoms with E-state index >= 15 is 0 Å². The molecule has 0 radical (unpaired) electrons. The van der Waals surface area contributed by atoms with Crippen molar-refractivity contribution in [1.29, 1.82) is 0 Å². The Bertz CT molecular complexity index is 984. The molecule has 0 unspecified atom stereocenters. The number of hydrogen-bond donors (Lipinski definition) is 1. The minimum atomic E-state index is -1.17. The second-order valence-electron chi connectivity index (χ2n) is 8.21. The Morgan fingerprint density at radius 1 is 1.14 bits per heavy atom. The number of nitrogens with one attached hydrogen (secondary N) is 1. The summed E-state index contributed by atoms with van der Waals surface area (Å²) in [6.07, 6.45) is 0.169. The lowest BCUT2D eigenvalue weighted by molar-refractivity contribution is -0.570. The lowest BCUT2D eigenvalue weighted by atomic mass is 9.73. The summed E-state index contributed by atoms with van der Waals surface area (Å²) < 4.78 is 5.88. The zero-order chi connectivity index (χ0) is 20.6. The van der Waals surface area contributed by atoms with Crippen molar-refractivity contribution >= 4 is 23.0 Å². The van der Waals surface area contributed by atoms with E-state index in [1.165, 1.54) is 0 Å². The predicted molar refractivity (Wildman–Crippen MR) is 114 cm³/mol. The van der Waals surface area contributed by atoms with Gasteiger partial charge in [-0.25, -0.2) is 0 Å². The fourth-order valence-corrected chi connectivity index (χ4v) is 4.15. The van der Waals surface area contributed by atoms with Crippen LogP contribution >= 0.6 is 11.6 Å². The number of halogens is 1. The van der Waals surface area contributed by atoms with E-state index in [0.717, 1.165) is 22.5 Å². The number of hydrazone groups is 1. The molecule has 0 spiro atoms. The van der Waals surface area contributed by atoms with Crippen molar-refractivity contribution < 1.29 is 9.66 Å². The van der Waals surface area contributed by atoms with E-state index in [1.54, 1.807) is 12.1 Å². The summed E-state index contributed by atoms with van der Waals surface area (Å²) in [5.41, 5.74) is 6.26. The van der Waals surface area contributed by atoms with Crippen LogP contribution in [0.4, 0.5) is 5.69 Å². The summed E-state index contributed by atoms with van der Waals surface area (Å²) in [7, 11) is 0. The molecule has 1 aliphatic carbocycles. The third-order valence-corrected chi connectivity index (χ3v) is 5.54. The summed E-state index contributed by atoms with van der Waals surface area (Å²) >= 11 is 6.03. The van der Waals surface area contributed by atoms with Crippen molar-refractivity contribution in [3.05, 3.63) is 86.6 Å². The molecule has 2 aliphatic rings. The minimum Gasteiger partial charge on any atom is -0.433 e. The number of rotatable bonds is 4. The molecule has 1 heterocycles. The van der Waals surface area contributed by atoms with Gasteiger partial charge >= 0.3 is 6.23 Å². The Labute approximate surface area is 174 Å². The number of para-hydroxylation sites is 1. The van der Waals surface area contributed by atoms with Crippen molar-refractivity contribution in [2.24, 2.45) is 10.5 Å². The van der Waals surface area contributed by atoms with Gasteiger partial charge in [-0.3, -0.25) is 15.5 Å². The number of allylic oxidation sites excluding steroid dienone is 1. The molecular weight excluding hydrogens is 390 g/mol. The maximum absolute atomic E-state index is 11.8. The van der Waals surface area contributed by atoms with Gasteiger partial charge in [0.15, 0.2) is 0 Å². The largest absolute Gasteiger partial charge is 0.433 e. The molecule has 0 amide bonds. The Kier molecular flexibility index (Phi) is 5.04. The van der Waals surface area contributed by atoms with Crippen LogP contribution in [0.3, 0.4) is 0 Å². The molecule has 2 atom stereocenters. The van der Waals surface area contributed by atoms with Gasteiger partial charge in [-0.05, 0) is 41.7 Å². The Morgan fingerprint density at radius 3 is 2.48 bits per heavy atom. The van der Waals surface area contributed by atoms with Gasteiger partial charge in [0.2, 0.25) is 0 Å². The van der Waals surface area contributed by atoms with Crippen LogP contribution in [0.2, 0.25) is 5.02 Å². The first-order valence-electron chi connectivity index (χ1n) is 9.51. The van der Waals surface area contributed by atoms with Crippen molar-refractivity contribution in [3.8, 4) is 0 Å². The van der Waals surface area contributed by atoms with Crippen LogP contribution in [0, 0.1) is 15.5 Å². The minimum absolute atomic E-state index is 0.105. The monoisotopic (exact) mass is 411 g/mol. The van der Waals surface area contributed by atoms with Crippen molar-refractivity contribution in [3.63, 3.8) is 0 Å². The zero-order valence-electron chi connectivity index (χ0n) is 16.3. The second kappa shape index (κ2) is 7.52. The zero-order valence-corrected chi connectivity index (χ0v) is 17.0. The number of nitro groups is 1. The van der Waals surface area contributed by atoms with Gasteiger partial charge in [-0.15, -0.1) is 0 Å². The lowest BCUT2D eigenvalue weighted by Crippen LogP contribution is -2.29. The van der Waals surface area contributed by atoms with Crippen LogP contribution in [0.1, 0.15) is 38.2 Å². The first kappa shape index (κ1) is 19.5. The highest BCUT2D eigenvalue weighted by molar-refractivity contribution is 6.30. The van der Waals surface area contributed by atoms with Crippen LogP contribution in [0.5, 0.6) is 0 Å². The fraction of sp³-hybridized carbons (Fsp3) is 0.318. The Hall–Kier alpha value is -2.86.